The summed E-state index contributed by atoms with van der Waals surface area (Å²) in [6, 6.07) is 7.51. The van der Waals surface area contributed by atoms with Crippen molar-refractivity contribution in [2.45, 2.75) is 13.8 Å². The zero-order valence-electron chi connectivity index (χ0n) is 11.1. The fraction of sp³-hybridized carbons (Fsp3) is 0.200. The van der Waals surface area contributed by atoms with Crippen LogP contribution in [0.5, 0.6) is 5.75 Å². The minimum absolute atomic E-state index is 0.0433. The van der Waals surface area contributed by atoms with Crippen molar-refractivity contribution in [2.24, 2.45) is 0 Å². The molecule has 0 amide bonds. The average Bonchev–Trinajstić information content (AvgIpc) is 2.37. The Morgan fingerprint density at radius 3 is 2.60 bits per heavy atom. The average molecular weight is 294 g/mol. The predicted molar refractivity (Wildman–Crippen MR) is 75.6 cm³/mol. The maximum Gasteiger partial charge on any atom is 0.167 e. The van der Waals surface area contributed by atoms with E-state index in [1.165, 1.54) is 19.1 Å². The standard InChI is InChI=1S/C15H13ClFNO2/c1-9-7-13(16)18-14(15(9)20-8-10(2)19)11-3-5-12(17)6-4-11/h3-7H,8H2,1-2H3. The molecule has 0 saturated heterocycles. The first-order valence-electron chi connectivity index (χ1n) is 6.02. The lowest BCUT2D eigenvalue weighted by atomic mass is 10.1. The number of halogens is 2. The Morgan fingerprint density at radius 1 is 1.35 bits per heavy atom. The van der Waals surface area contributed by atoms with Gasteiger partial charge in [0.25, 0.3) is 0 Å². The van der Waals surface area contributed by atoms with Gasteiger partial charge in [-0.15, -0.1) is 0 Å². The van der Waals surface area contributed by atoms with Crippen LogP contribution in [0.15, 0.2) is 30.3 Å². The molecule has 0 fully saturated rings. The monoisotopic (exact) mass is 293 g/mol. The fourth-order valence-electron chi connectivity index (χ4n) is 1.78. The zero-order valence-corrected chi connectivity index (χ0v) is 11.9. The molecule has 0 aliphatic carbocycles. The van der Waals surface area contributed by atoms with Crippen molar-refractivity contribution in [3.05, 3.63) is 46.9 Å². The first-order chi connectivity index (χ1) is 9.47. The summed E-state index contributed by atoms with van der Waals surface area (Å²) in [7, 11) is 0. The molecule has 5 heteroatoms. The normalized spacial score (nSPS) is 10.4. The predicted octanol–water partition coefficient (Wildman–Crippen LogP) is 3.82. The minimum Gasteiger partial charge on any atom is -0.483 e. The number of benzene rings is 1. The Morgan fingerprint density at radius 2 is 2.00 bits per heavy atom. The van der Waals surface area contributed by atoms with Crippen molar-refractivity contribution in [3.8, 4) is 17.0 Å². The van der Waals surface area contributed by atoms with Crippen LogP contribution in [-0.4, -0.2) is 17.4 Å². The molecule has 1 aromatic heterocycles. The van der Waals surface area contributed by atoms with E-state index in [1.807, 2.05) is 6.92 Å². The largest absolute Gasteiger partial charge is 0.483 e. The Bertz CT molecular complexity index is 641. The SMILES string of the molecule is CC(=O)COc1c(C)cc(Cl)nc1-c1ccc(F)cc1. The molecule has 104 valence electrons. The van der Waals surface area contributed by atoms with Gasteiger partial charge >= 0.3 is 0 Å². The maximum atomic E-state index is 13.0. The number of carbonyl (C=O) groups is 1. The number of nitrogens with zero attached hydrogens (tertiary/aromatic N) is 1. The van der Waals surface area contributed by atoms with Gasteiger partial charge in [0.2, 0.25) is 0 Å². The summed E-state index contributed by atoms with van der Waals surface area (Å²) in [5, 5.41) is 0.317. The Balaban J connectivity index is 2.49. The van der Waals surface area contributed by atoms with Crippen molar-refractivity contribution in [1.29, 1.82) is 0 Å². The van der Waals surface area contributed by atoms with E-state index in [0.717, 1.165) is 5.56 Å². The van der Waals surface area contributed by atoms with Gasteiger partial charge in [-0.05, 0) is 49.7 Å². The molecular weight excluding hydrogens is 281 g/mol. The summed E-state index contributed by atoms with van der Waals surface area (Å²) in [4.78, 5) is 15.3. The molecule has 0 bridgehead atoms. The Labute approximate surface area is 121 Å². The number of hydrogen-bond donors (Lipinski definition) is 0. The van der Waals surface area contributed by atoms with Crippen LogP contribution >= 0.6 is 11.6 Å². The topological polar surface area (TPSA) is 39.2 Å². The second kappa shape index (κ2) is 6.01. The van der Waals surface area contributed by atoms with Gasteiger partial charge in [-0.3, -0.25) is 4.79 Å². The summed E-state index contributed by atoms with van der Waals surface area (Å²) in [6.45, 7) is 3.21. The molecule has 0 saturated carbocycles. The van der Waals surface area contributed by atoms with Crippen LogP contribution in [0.1, 0.15) is 12.5 Å². The number of aryl methyl sites for hydroxylation is 1. The van der Waals surface area contributed by atoms with E-state index in [2.05, 4.69) is 4.98 Å². The van der Waals surface area contributed by atoms with Crippen molar-refractivity contribution < 1.29 is 13.9 Å². The second-order valence-electron chi connectivity index (χ2n) is 4.44. The molecule has 1 heterocycles. The van der Waals surface area contributed by atoms with Crippen LogP contribution in [0.25, 0.3) is 11.3 Å². The number of ether oxygens (including phenoxy) is 1. The number of carbonyl (C=O) groups excluding carboxylic acids is 1. The molecule has 20 heavy (non-hydrogen) atoms. The second-order valence-corrected chi connectivity index (χ2v) is 4.82. The molecular formula is C15H13ClFNO2. The molecule has 2 rings (SSSR count). The maximum absolute atomic E-state index is 13.0. The van der Waals surface area contributed by atoms with Gasteiger partial charge in [-0.2, -0.15) is 0 Å². The number of aromatic nitrogens is 1. The summed E-state index contributed by atoms with van der Waals surface area (Å²) < 4.78 is 18.5. The van der Waals surface area contributed by atoms with E-state index in [1.54, 1.807) is 18.2 Å². The Hall–Kier alpha value is -1.94. The highest BCUT2D eigenvalue weighted by Gasteiger charge is 2.14. The van der Waals surface area contributed by atoms with Crippen molar-refractivity contribution in [1.82, 2.24) is 4.98 Å². The summed E-state index contributed by atoms with van der Waals surface area (Å²) >= 11 is 5.96. The highest BCUT2D eigenvalue weighted by atomic mass is 35.5. The van der Waals surface area contributed by atoms with E-state index in [0.29, 0.717) is 22.2 Å². The van der Waals surface area contributed by atoms with Crippen LogP contribution in [0.2, 0.25) is 5.15 Å². The van der Waals surface area contributed by atoms with Crippen LogP contribution in [0, 0.1) is 12.7 Å². The molecule has 0 radical (unpaired) electrons. The van der Waals surface area contributed by atoms with E-state index in [4.69, 9.17) is 16.3 Å². The molecule has 3 nitrogen and oxygen atoms in total. The quantitative estimate of drug-likeness (QED) is 0.805. The van der Waals surface area contributed by atoms with Gasteiger partial charge in [0, 0.05) is 5.56 Å². The highest BCUT2D eigenvalue weighted by Crippen LogP contribution is 2.33. The van der Waals surface area contributed by atoms with Gasteiger partial charge in [-0.1, -0.05) is 11.6 Å². The van der Waals surface area contributed by atoms with Gasteiger partial charge in [0.15, 0.2) is 5.78 Å². The third-order valence-electron chi connectivity index (χ3n) is 2.66. The number of ketones is 1. The summed E-state index contributed by atoms with van der Waals surface area (Å²) in [5.74, 6) is 0.0549. The van der Waals surface area contributed by atoms with Crippen LogP contribution in [0.4, 0.5) is 4.39 Å². The lowest BCUT2D eigenvalue weighted by Crippen LogP contribution is -2.09. The number of pyridine rings is 1. The fourth-order valence-corrected chi connectivity index (χ4v) is 2.03. The van der Waals surface area contributed by atoms with Crippen LogP contribution in [0.3, 0.4) is 0 Å². The molecule has 0 atom stereocenters. The third-order valence-corrected chi connectivity index (χ3v) is 2.86. The minimum atomic E-state index is -0.335. The van der Waals surface area contributed by atoms with Gasteiger partial charge in [0.1, 0.15) is 29.0 Å². The summed E-state index contributed by atoms with van der Waals surface area (Å²) in [6.07, 6.45) is 0. The first kappa shape index (κ1) is 14.5. The molecule has 0 unspecified atom stereocenters. The lowest BCUT2D eigenvalue weighted by Gasteiger charge is -2.13. The lowest BCUT2D eigenvalue weighted by molar-refractivity contribution is -0.118. The van der Waals surface area contributed by atoms with E-state index < -0.39 is 0 Å². The molecule has 0 N–H and O–H groups in total. The third kappa shape index (κ3) is 3.33. The van der Waals surface area contributed by atoms with Crippen LogP contribution < -0.4 is 4.74 Å². The van der Waals surface area contributed by atoms with Crippen molar-refractivity contribution in [2.75, 3.05) is 6.61 Å². The number of Topliss-reactive ketones (excluding diaryl/α,β-unsaturated/α-hetero) is 1. The highest BCUT2D eigenvalue weighted by molar-refractivity contribution is 6.29. The van der Waals surface area contributed by atoms with E-state index in [-0.39, 0.29) is 18.2 Å². The van der Waals surface area contributed by atoms with Gasteiger partial charge in [0.05, 0.1) is 0 Å². The molecule has 2 aromatic rings. The van der Waals surface area contributed by atoms with Crippen molar-refractivity contribution in [3.63, 3.8) is 0 Å². The zero-order chi connectivity index (χ0) is 14.7. The summed E-state index contributed by atoms with van der Waals surface area (Å²) in [5.41, 5.74) is 1.94. The number of rotatable bonds is 4. The van der Waals surface area contributed by atoms with Crippen molar-refractivity contribution >= 4 is 17.4 Å². The molecule has 0 spiro atoms. The first-order valence-corrected chi connectivity index (χ1v) is 6.40. The van der Waals surface area contributed by atoms with E-state index >= 15 is 0 Å². The van der Waals surface area contributed by atoms with Crippen LogP contribution in [-0.2, 0) is 4.79 Å². The Kier molecular flexibility index (Phi) is 4.35. The number of hydrogen-bond acceptors (Lipinski definition) is 3. The van der Waals surface area contributed by atoms with E-state index in [9.17, 15) is 9.18 Å². The molecule has 0 aliphatic heterocycles. The van der Waals surface area contributed by atoms with Gasteiger partial charge < -0.3 is 4.74 Å². The molecule has 1 aromatic carbocycles. The van der Waals surface area contributed by atoms with Gasteiger partial charge in [-0.25, -0.2) is 9.37 Å². The smallest absolute Gasteiger partial charge is 0.167 e. The molecule has 0 aliphatic rings.